The minimum absolute atomic E-state index is 0.0988. The van der Waals surface area contributed by atoms with Crippen LogP contribution in [0.25, 0.3) is 0 Å². The molecule has 0 bridgehead atoms. The second-order valence-electron chi connectivity index (χ2n) is 4.83. The molecule has 8 heteroatoms. The van der Waals surface area contributed by atoms with E-state index < -0.39 is 22.2 Å². The Morgan fingerprint density at radius 3 is 2.43 bits per heavy atom. The Balaban J connectivity index is 2.35. The highest BCUT2D eigenvalue weighted by atomic mass is 32.2. The maximum absolute atomic E-state index is 12.6. The fraction of sp³-hybridized carbons (Fsp3) is 0.538. The Labute approximate surface area is 124 Å². The van der Waals surface area contributed by atoms with Crippen LogP contribution in [0.1, 0.15) is 0 Å². The van der Waals surface area contributed by atoms with Crippen molar-refractivity contribution in [3.63, 3.8) is 0 Å². The number of rotatable bonds is 5. The zero-order valence-electron chi connectivity index (χ0n) is 12.2. The molecule has 118 valence electrons. The van der Waals surface area contributed by atoms with Crippen LogP contribution < -0.4 is 14.8 Å². The first-order chi connectivity index (χ1) is 9.91. The SMILES string of the molecule is COc1ccc(S(=O)(=O)N(C)[C@@H]2CNC[C@H]2O)cc1OC. The van der Waals surface area contributed by atoms with Crippen molar-refractivity contribution in [2.45, 2.75) is 17.0 Å². The second-order valence-corrected chi connectivity index (χ2v) is 6.83. The molecule has 2 N–H and O–H groups in total. The molecule has 21 heavy (non-hydrogen) atoms. The van der Waals surface area contributed by atoms with Gasteiger partial charge in [0, 0.05) is 26.2 Å². The van der Waals surface area contributed by atoms with E-state index in [-0.39, 0.29) is 4.90 Å². The van der Waals surface area contributed by atoms with E-state index >= 15 is 0 Å². The Bertz CT molecular complexity index is 605. The van der Waals surface area contributed by atoms with Crippen LogP contribution in [-0.2, 0) is 10.0 Å². The van der Waals surface area contributed by atoms with Crippen molar-refractivity contribution in [1.82, 2.24) is 9.62 Å². The van der Waals surface area contributed by atoms with Gasteiger partial charge in [0.2, 0.25) is 10.0 Å². The van der Waals surface area contributed by atoms with E-state index in [9.17, 15) is 13.5 Å². The molecule has 1 fully saturated rings. The van der Waals surface area contributed by atoms with Crippen molar-refractivity contribution in [2.24, 2.45) is 0 Å². The van der Waals surface area contributed by atoms with Gasteiger partial charge in [-0.05, 0) is 12.1 Å². The predicted octanol–water partition coefficient (Wildman–Crippen LogP) is -0.343. The Hall–Kier alpha value is -1.35. The molecular formula is C13H20N2O5S. The molecule has 1 aliphatic heterocycles. The molecule has 0 aromatic heterocycles. The summed E-state index contributed by atoms with van der Waals surface area (Å²) < 4.78 is 36.7. The number of β-amino-alcohol motifs (C(OH)–C–C–N with tert-alkyl or cyclic N) is 1. The summed E-state index contributed by atoms with van der Waals surface area (Å²) in [5.41, 5.74) is 0. The number of aliphatic hydroxyl groups is 1. The van der Waals surface area contributed by atoms with Crippen LogP contribution in [0, 0.1) is 0 Å². The summed E-state index contributed by atoms with van der Waals surface area (Å²) >= 11 is 0. The van der Waals surface area contributed by atoms with Crippen molar-refractivity contribution in [2.75, 3.05) is 34.4 Å². The number of nitrogens with one attached hydrogen (secondary N) is 1. The summed E-state index contributed by atoms with van der Waals surface area (Å²) in [7, 11) is 0.682. The lowest BCUT2D eigenvalue weighted by Crippen LogP contribution is -2.44. The molecule has 0 spiro atoms. The summed E-state index contributed by atoms with van der Waals surface area (Å²) in [4.78, 5) is 0.0988. The summed E-state index contributed by atoms with van der Waals surface area (Å²) in [6, 6.07) is 3.94. The van der Waals surface area contributed by atoms with E-state index in [2.05, 4.69) is 5.32 Å². The Kier molecular flexibility index (Phi) is 4.72. The number of sulfonamides is 1. The quantitative estimate of drug-likeness (QED) is 0.772. The third-order valence-electron chi connectivity index (χ3n) is 3.65. The first-order valence-corrected chi connectivity index (χ1v) is 7.94. The van der Waals surface area contributed by atoms with Crippen LogP contribution in [-0.4, -0.2) is 64.3 Å². The van der Waals surface area contributed by atoms with Gasteiger partial charge in [0.15, 0.2) is 11.5 Å². The largest absolute Gasteiger partial charge is 0.493 e. The highest BCUT2D eigenvalue weighted by molar-refractivity contribution is 7.89. The highest BCUT2D eigenvalue weighted by Gasteiger charge is 2.36. The minimum atomic E-state index is -3.72. The second kappa shape index (κ2) is 6.18. The highest BCUT2D eigenvalue weighted by Crippen LogP contribution is 2.31. The molecule has 0 aliphatic carbocycles. The smallest absolute Gasteiger partial charge is 0.243 e. The maximum Gasteiger partial charge on any atom is 0.243 e. The zero-order valence-corrected chi connectivity index (χ0v) is 13.1. The van der Waals surface area contributed by atoms with Gasteiger partial charge in [-0.2, -0.15) is 4.31 Å². The molecule has 7 nitrogen and oxygen atoms in total. The molecule has 2 rings (SSSR count). The van der Waals surface area contributed by atoms with Crippen LogP contribution in [0.4, 0.5) is 0 Å². The molecule has 1 aliphatic rings. The number of likely N-dealkylation sites (N-methyl/N-ethyl adjacent to an activating group) is 1. The fourth-order valence-electron chi connectivity index (χ4n) is 2.34. The first kappa shape index (κ1) is 16.0. The summed E-state index contributed by atoms with van der Waals surface area (Å²) in [5, 5.41) is 12.8. The minimum Gasteiger partial charge on any atom is -0.493 e. The van der Waals surface area contributed by atoms with Gasteiger partial charge in [-0.3, -0.25) is 0 Å². The molecule has 1 aromatic carbocycles. The standard InChI is InChI=1S/C13H20N2O5S/c1-15(10-7-14-8-11(10)16)21(17,18)9-4-5-12(19-2)13(6-9)20-3/h4-6,10-11,14,16H,7-8H2,1-3H3/t10-,11-/m1/s1. The molecule has 0 amide bonds. The van der Waals surface area contributed by atoms with Crippen molar-refractivity contribution < 1.29 is 23.0 Å². The Morgan fingerprint density at radius 1 is 1.24 bits per heavy atom. The van der Waals surface area contributed by atoms with Gasteiger partial charge in [-0.25, -0.2) is 8.42 Å². The molecule has 1 saturated heterocycles. The topological polar surface area (TPSA) is 88.1 Å². The molecular weight excluding hydrogens is 296 g/mol. The monoisotopic (exact) mass is 316 g/mol. The lowest BCUT2D eigenvalue weighted by Gasteiger charge is -2.25. The molecule has 1 heterocycles. The van der Waals surface area contributed by atoms with E-state index in [4.69, 9.17) is 9.47 Å². The van der Waals surface area contributed by atoms with Gasteiger partial charge in [-0.15, -0.1) is 0 Å². The van der Waals surface area contributed by atoms with Gasteiger partial charge >= 0.3 is 0 Å². The lowest BCUT2D eigenvalue weighted by atomic mass is 10.2. The van der Waals surface area contributed by atoms with Crippen LogP contribution >= 0.6 is 0 Å². The van der Waals surface area contributed by atoms with Crippen LogP contribution in [0.3, 0.4) is 0 Å². The number of ether oxygens (including phenoxy) is 2. The van der Waals surface area contributed by atoms with E-state index in [1.165, 1.54) is 37.7 Å². The van der Waals surface area contributed by atoms with Crippen molar-refractivity contribution >= 4 is 10.0 Å². The lowest BCUT2D eigenvalue weighted by molar-refractivity contribution is 0.136. The van der Waals surface area contributed by atoms with E-state index in [0.717, 1.165) is 0 Å². The summed E-state index contributed by atoms with van der Waals surface area (Å²) in [5.74, 6) is 0.804. The zero-order chi connectivity index (χ0) is 15.6. The number of methoxy groups -OCH3 is 2. The van der Waals surface area contributed by atoms with Crippen molar-refractivity contribution in [1.29, 1.82) is 0 Å². The van der Waals surface area contributed by atoms with Crippen LogP contribution in [0.5, 0.6) is 11.5 Å². The number of aliphatic hydroxyl groups excluding tert-OH is 1. The third kappa shape index (κ3) is 2.98. The molecule has 0 saturated carbocycles. The number of hydrogen-bond donors (Lipinski definition) is 2. The maximum atomic E-state index is 12.6. The summed E-state index contributed by atoms with van der Waals surface area (Å²) in [6.07, 6.45) is -0.718. The molecule has 0 radical (unpaired) electrons. The average Bonchev–Trinajstić information content (AvgIpc) is 2.91. The van der Waals surface area contributed by atoms with Crippen molar-refractivity contribution in [3.8, 4) is 11.5 Å². The molecule has 0 unspecified atom stereocenters. The fourth-order valence-corrected chi connectivity index (χ4v) is 3.74. The van der Waals surface area contributed by atoms with E-state index in [1.807, 2.05) is 0 Å². The van der Waals surface area contributed by atoms with Gasteiger partial charge < -0.3 is 19.9 Å². The summed E-state index contributed by atoms with van der Waals surface area (Å²) in [6.45, 7) is 0.806. The predicted molar refractivity (Wildman–Crippen MR) is 77.2 cm³/mol. The molecule has 2 atom stereocenters. The van der Waals surface area contributed by atoms with E-state index in [0.29, 0.717) is 24.6 Å². The first-order valence-electron chi connectivity index (χ1n) is 6.50. The van der Waals surface area contributed by atoms with Gasteiger partial charge in [0.25, 0.3) is 0 Å². The Morgan fingerprint density at radius 2 is 1.90 bits per heavy atom. The van der Waals surface area contributed by atoms with Gasteiger partial charge in [-0.1, -0.05) is 0 Å². The number of hydrogen-bond acceptors (Lipinski definition) is 6. The van der Waals surface area contributed by atoms with Crippen molar-refractivity contribution in [3.05, 3.63) is 18.2 Å². The van der Waals surface area contributed by atoms with Gasteiger partial charge in [0.1, 0.15) is 0 Å². The van der Waals surface area contributed by atoms with E-state index in [1.54, 1.807) is 6.07 Å². The third-order valence-corrected chi connectivity index (χ3v) is 5.53. The number of benzene rings is 1. The normalized spacial score (nSPS) is 22.5. The van der Waals surface area contributed by atoms with Crippen LogP contribution in [0.2, 0.25) is 0 Å². The average molecular weight is 316 g/mol. The number of nitrogens with zero attached hydrogens (tertiary/aromatic N) is 1. The van der Waals surface area contributed by atoms with Crippen LogP contribution in [0.15, 0.2) is 23.1 Å². The van der Waals surface area contributed by atoms with Gasteiger partial charge in [0.05, 0.1) is 31.3 Å². The molecule has 1 aromatic rings.